The Morgan fingerprint density at radius 3 is 2.49 bits per heavy atom. The Labute approximate surface area is 201 Å². The molecule has 190 valence electrons. The Kier molecular flexibility index (Phi) is 8.23. The molecule has 3 atom stereocenters. The second-order valence-electron chi connectivity index (χ2n) is 8.52. The summed E-state index contributed by atoms with van der Waals surface area (Å²) in [6.45, 7) is 4.32. The van der Waals surface area contributed by atoms with Crippen molar-refractivity contribution in [2.45, 2.75) is 32.2 Å². The molecule has 0 spiro atoms. The first-order chi connectivity index (χ1) is 16.5. The molecule has 1 aliphatic rings. The smallest absolute Gasteiger partial charge is 0.416 e. The summed E-state index contributed by atoms with van der Waals surface area (Å²) in [5.41, 5.74) is -0.209. The number of amides is 3. The molecule has 0 unspecified atom stereocenters. The number of nitrogens with one attached hydrogen (secondary N) is 3. The number of hydrogen-bond acceptors (Lipinski definition) is 5. The summed E-state index contributed by atoms with van der Waals surface area (Å²) in [7, 11) is 1.77. The van der Waals surface area contributed by atoms with Gasteiger partial charge in [-0.25, -0.2) is 4.79 Å². The number of fused-ring (bicyclic) bond motifs is 1. The lowest BCUT2D eigenvalue weighted by Gasteiger charge is -2.37. The molecule has 0 saturated heterocycles. The minimum Gasteiger partial charge on any atom is -0.486 e. The van der Waals surface area contributed by atoms with E-state index in [4.69, 9.17) is 4.74 Å². The van der Waals surface area contributed by atoms with Crippen molar-refractivity contribution in [3.8, 4) is 5.75 Å². The molecule has 0 aliphatic carbocycles. The summed E-state index contributed by atoms with van der Waals surface area (Å²) >= 11 is 0. The van der Waals surface area contributed by atoms with Gasteiger partial charge in [0.05, 0.1) is 29.5 Å². The quantitative estimate of drug-likeness (QED) is 0.490. The predicted octanol–water partition coefficient (Wildman–Crippen LogP) is 3.79. The van der Waals surface area contributed by atoms with Gasteiger partial charge in [0.15, 0.2) is 5.75 Å². The average Bonchev–Trinajstić information content (AvgIpc) is 2.81. The Bertz CT molecular complexity index is 1050. The van der Waals surface area contributed by atoms with E-state index < -0.39 is 23.8 Å². The van der Waals surface area contributed by atoms with Crippen molar-refractivity contribution in [3.05, 3.63) is 53.6 Å². The lowest BCUT2D eigenvalue weighted by molar-refractivity contribution is -0.137. The molecule has 3 amide bonds. The maximum atomic E-state index is 13.3. The largest absolute Gasteiger partial charge is 0.486 e. The SMILES string of the molecule is CNC[C@@H]1Oc2c(NC(=O)Nc3ccc(C(F)(F)F)cc3)cccc2C(=O)N([C@H](C)CO)C[C@@H]1C. The number of nitrogens with zero attached hydrogens (tertiary/aromatic N) is 1. The summed E-state index contributed by atoms with van der Waals surface area (Å²) < 4.78 is 44.5. The van der Waals surface area contributed by atoms with E-state index in [0.29, 0.717) is 13.1 Å². The minimum absolute atomic E-state index is 0.0948. The zero-order valence-corrected chi connectivity index (χ0v) is 19.6. The Balaban J connectivity index is 1.89. The number of alkyl halides is 3. The fraction of sp³-hybridized carbons (Fsp3) is 0.417. The highest BCUT2D eigenvalue weighted by Crippen LogP contribution is 2.35. The van der Waals surface area contributed by atoms with Crippen LogP contribution in [0.4, 0.5) is 29.3 Å². The number of likely N-dealkylation sites (N-methyl/N-ethyl adjacent to an activating group) is 1. The van der Waals surface area contributed by atoms with Crippen LogP contribution >= 0.6 is 0 Å². The first-order valence-electron chi connectivity index (χ1n) is 11.2. The van der Waals surface area contributed by atoms with Crippen LogP contribution < -0.4 is 20.7 Å². The molecule has 2 aromatic carbocycles. The van der Waals surface area contributed by atoms with E-state index in [2.05, 4.69) is 16.0 Å². The van der Waals surface area contributed by atoms with Crippen LogP contribution in [-0.4, -0.2) is 60.8 Å². The summed E-state index contributed by atoms with van der Waals surface area (Å²) in [5, 5.41) is 17.9. The van der Waals surface area contributed by atoms with Crippen molar-refractivity contribution in [2.75, 3.05) is 37.4 Å². The number of halogens is 3. The molecule has 1 aliphatic heterocycles. The summed E-state index contributed by atoms with van der Waals surface area (Å²) in [6.07, 6.45) is -4.82. The van der Waals surface area contributed by atoms with E-state index in [0.717, 1.165) is 24.3 Å². The van der Waals surface area contributed by atoms with Gasteiger partial charge >= 0.3 is 12.2 Å². The summed E-state index contributed by atoms with van der Waals surface area (Å²) in [4.78, 5) is 27.6. The first kappa shape index (κ1) is 26.3. The third-order valence-corrected chi connectivity index (χ3v) is 5.81. The van der Waals surface area contributed by atoms with E-state index in [-0.39, 0.29) is 47.2 Å². The van der Waals surface area contributed by atoms with Crippen molar-refractivity contribution in [3.63, 3.8) is 0 Å². The molecule has 0 radical (unpaired) electrons. The number of carbonyl (C=O) groups excluding carboxylic acids is 2. The molecule has 0 bridgehead atoms. The highest BCUT2D eigenvalue weighted by Gasteiger charge is 2.34. The van der Waals surface area contributed by atoms with Crippen LogP contribution in [0.3, 0.4) is 0 Å². The number of aliphatic hydroxyl groups is 1. The fourth-order valence-corrected chi connectivity index (χ4v) is 3.81. The van der Waals surface area contributed by atoms with Crippen molar-refractivity contribution < 1.29 is 32.6 Å². The lowest BCUT2D eigenvalue weighted by Crippen LogP contribution is -2.49. The highest BCUT2D eigenvalue weighted by molar-refractivity contribution is 6.04. The molecule has 2 aromatic rings. The Morgan fingerprint density at radius 1 is 1.20 bits per heavy atom. The molecule has 3 rings (SSSR count). The van der Waals surface area contributed by atoms with Crippen LogP contribution in [-0.2, 0) is 6.18 Å². The van der Waals surface area contributed by atoms with Gasteiger partial charge in [0, 0.05) is 24.7 Å². The number of carbonyl (C=O) groups is 2. The first-order valence-corrected chi connectivity index (χ1v) is 11.2. The molecule has 4 N–H and O–H groups in total. The Morgan fingerprint density at radius 2 is 1.89 bits per heavy atom. The zero-order chi connectivity index (χ0) is 25.8. The normalized spacial score (nSPS) is 19.2. The van der Waals surface area contributed by atoms with Crippen molar-refractivity contribution in [1.29, 1.82) is 0 Å². The van der Waals surface area contributed by atoms with E-state index >= 15 is 0 Å². The van der Waals surface area contributed by atoms with Gasteiger partial charge in [-0.1, -0.05) is 13.0 Å². The van der Waals surface area contributed by atoms with Gasteiger partial charge in [-0.15, -0.1) is 0 Å². The van der Waals surface area contributed by atoms with Crippen LogP contribution in [0.15, 0.2) is 42.5 Å². The van der Waals surface area contributed by atoms with Crippen molar-refractivity contribution >= 4 is 23.3 Å². The number of benzene rings is 2. The molecule has 1 heterocycles. The number of rotatable bonds is 6. The predicted molar refractivity (Wildman–Crippen MR) is 126 cm³/mol. The topological polar surface area (TPSA) is 103 Å². The molecule has 0 aromatic heterocycles. The summed E-state index contributed by atoms with van der Waals surface area (Å²) in [6, 6.07) is 7.65. The van der Waals surface area contributed by atoms with Crippen LogP contribution in [0.1, 0.15) is 29.8 Å². The van der Waals surface area contributed by atoms with E-state index in [1.54, 1.807) is 37.1 Å². The van der Waals surface area contributed by atoms with Crippen LogP contribution in [0.5, 0.6) is 5.75 Å². The second kappa shape index (κ2) is 11.0. The van der Waals surface area contributed by atoms with Crippen LogP contribution in [0.2, 0.25) is 0 Å². The third-order valence-electron chi connectivity index (χ3n) is 5.81. The number of ether oxygens (including phenoxy) is 1. The molecule has 8 nitrogen and oxygen atoms in total. The summed E-state index contributed by atoms with van der Waals surface area (Å²) in [5.74, 6) is -0.257. The van der Waals surface area contributed by atoms with Gasteiger partial charge in [-0.05, 0) is 50.4 Å². The standard InChI is InChI=1S/C24H29F3N4O4/c1-14-12-31(15(2)13-32)22(33)18-5-4-6-19(21(18)35-20(14)11-28-3)30-23(34)29-17-9-7-16(8-10-17)24(25,26)27/h4-10,14-15,20,28,32H,11-13H2,1-3H3,(H2,29,30,34)/t14-,15+,20-/m0/s1. The number of anilines is 2. The molecular weight excluding hydrogens is 465 g/mol. The maximum absolute atomic E-state index is 13.3. The maximum Gasteiger partial charge on any atom is 0.416 e. The third kappa shape index (κ3) is 6.23. The minimum atomic E-state index is -4.48. The van der Waals surface area contributed by atoms with E-state index in [1.807, 2.05) is 6.92 Å². The zero-order valence-electron chi connectivity index (χ0n) is 19.6. The van der Waals surface area contributed by atoms with Crippen LogP contribution in [0.25, 0.3) is 0 Å². The molecule has 35 heavy (non-hydrogen) atoms. The molecular formula is C24H29F3N4O4. The van der Waals surface area contributed by atoms with E-state index in [9.17, 15) is 27.9 Å². The number of para-hydroxylation sites is 1. The Hall–Kier alpha value is -3.31. The highest BCUT2D eigenvalue weighted by atomic mass is 19.4. The second-order valence-corrected chi connectivity index (χ2v) is 8.52. The molecule has 0 saturated carbocycles. The van der Waals surface area contributed by atoms with Gasteiger partial charge in [0.2, 0.25) is 0 Å². The van der Waals surface area contributed by atoms with Gasteiger partial charge < -0.3 is 30.7 Å². The molecule has 11 heteroatoms. The van der Waals surface area contributed by atoms with Gasteiger partial charge in [0.1, 0.15) is 6.10 Å². The van der Waals surface area contributed by atoms with Crippen LogP contribution in [0, 0.1) is 5.92 Å². The fourth-order valence-electron chi connectivity index (χ4n) is 3.81. The van der Waals surface area contributed by atoms with E-state index in [1.165, 1.54) is 0 Å². The van der Waals surface area contributed by atoms with Gasteiger partial charge in [0.25, 0.3) is 5.91 Å². The molecule has 0 fully saturated rings. The average molecular weight is 495 g/mol. The number of urea groups is 1. The van der Waals surface area contributed by atoms with Gasteiger partial charge in [-0.3, -0.25) is 4.79 Å². The lowest BCUT2D eigenvalue weighted by atomic mass is 9.99. The van der Waals surface area contributed by atoms with Gasteiger partial charge in [-0.2, -0.15) is 13.2 Å². The number of aliphatic hydroxyl groups excluding tert-OH is 1. The monoisotopic (exact) mass is 494 g/mol. The number of hydrogen-bond donors (Lipinski definition) is 4. The van der Waals surface area contributed by atoms with Crippen molar-refractivity contribution in [2.24, 2.45) is 5.92 Å². The van der Waals surface area contributed by atoms with Crippen molar-refractivity contribution in [1.82, 2.24) is 10.2 Å².